The Kier molecular flexibility index (Phi) is 3.70. The van der Waals surface area contributed by atoms with Crippen molar-refractivity contribution in [2.24, 2.45) is 5.73 Å². The lowest BCUT2D eigenvalue weighted by Crippen LogP contribution is -1.98. The van der Waals surface area contributed by atoms with Crippen molar-refractivity contribution in [3.63, 3.8) is 0 Å². The Labute approximate surface area is 127 Å². The quantitative estimate of drug-likeness (QED) is 0.761. The van der Waals surface area contributed by atoms with Crippen LogP contribution in [-0.2, 0) is 13.1 Å². The van der Waals surface area contributed by atoms with Gasteiger partial charge in [0.25, 0.3) is 0 Å². The van der Waals surface area contributed by atoms with Gasteiger partial charge in [-0.05, 0) is 35.4 Å². The summed E-state index contributed by atoms with van der Waals surface area (Å²) in [5.74, 6) is 0. The second-order valence-electron chi connectivity index (χ2n) is 4.77. The van der Waals surface area contributed by atoms with Gasteiger partial charge >= 0.3 is 0 Å². The smallest absolute Gasteiger partial charge is 0.0501 e. The van der Waals surface area contributed by atoms with Crippen LogP contribution in [0.15, 0.2) is 48.7 Å². The van der Waals surface area contributed by atoms with Crippen LogP contribution in [0.1, 0.15) is 11.1 Å². The molecule has 0 bridgehead atoms. The predicted molar refractivity (Wildman–Crippen MR) is 85.4 cm³/mol. The van der Waals surface area contributed by atoms with Crippen LogP contribution in [0, 0.1) is 0 Å². The van der Waals surface area contributed by atoms with Crippen LogP contribution < -0.4 is 5.73 Å². The number of nitrogens with two attached hydrogens (primary N) is 1. The van der Waals surface area contributed by atoms with Gasteiger partial charge in [-0.3, -0.25) is 0 Å². The van der Waals surface area contributed by atoms with Crippen LogP contribution in [0.25, 0.3) is 10.9 Å². The van der Waals surface area contributed by atoms with Gasteiger partial charge in [0, 0.05) is 34.7 Å². The van der Waals surface area contributed by atoms with Crippen LogP contribution in [-0.4, -0.2) is 4.57 Å². The van der Waals surface area contributed by atoms with Crippen LogP contribution in [0.3, 0.4) is 0 Å². The van der Waals surface area contributed by atoms with Gasteiger partial charge in [-0.15, -0.1) is 0 Å². The van der Waals surface area contributed by atoms with E-state index in [1.807, 2.05) is 42.5 Å². The molecule has 0 spiro atoms. The Morgan fingerprint density at radius 3 is 2.35 bits per heavy atom. The molecule has 0 fully saturated rings. The van der Waals surface area contributed by atoms with Gasteiger partial charge in [-0.1, -0.05) is 41.4 Å². The summed E-state index contributed by atoms with van der Waals surface area (Å²) >= 11 is 12.0. The van der Waals surface area contributed by atoms with Crippen LogP contribution >= 0.6 is 23.2 Å². The van der Waals surface area contributed by atoms with E-state index in [-0.39, 0.29) is 0 Å². The number of nitrogens with zero attached hydrogens (tertiary/aromatic N) is 1. The fourth-order valence-electron chi connectivity index (χ4n) is 2.42. The van der Waals surface area contributed by atoms with E-state index in [2.05, 4.69) is 10.8 Å². The summed E-state index contributed by atoms with van der Waals surface area (Å²) in [7, 11) is 0. The van der Waals surface area contributed by atoms with Crippen molar-refractivity contribution >= 4 is 34.1 Å². The van der Waals surface area contributed by atoms with Gasteiger partial charge in [0.1, 0.15) is 0 Å². The molecule has 3 rings (SSSR count). The maximum atomic E-state index is 6.10. The van der Waals surface area contributed by atoms with E-state index in [1.165, 1.54) is 5.56 Å². The van der Waals surface area contributed by atoms with E-state index in [1.54, 1.807) is 0 Å². The number of fused-ring (bicyclic) bond motifs is 1. The third-order valence-corrected chi connectivity index (χ3v) is 3.90. The minimum atomic E-state index is 0.520. The summed E-state index contributed by atoms with van der Waals surface area (Å²) in [5, 5.41) is 2.64. The molecule has 2 nitrogen and oxygen atoms in total. The SMILES string of the molecule is NCc1cn(Cc2ccc(Cl)cc2)c2cc(Cl)ccc12. The Bertz CT molecular complexity index is 745. The van der Waals surface area contributed by atoms with Gasteiger partial charge in [0.05, 0.1) is 5.52 Å². The Morgan fingerprint density at radius 2 is 1.65 bits per heavy atom. The monoisotopic (exact) mass is 304 g/mol. The molecule has 1 heterocycles. The van der Waals surface area contributed by atoms with E-state index in [4.69, 9.17) is 28.9 Å². The van der Waals surface area contributed by atoms with E-state index in [0.29, 0.717) is 6.54 Å². The fourth-order valence-corrected chi connectivity index (χ4v) is 2.71. The summed E-state index contributed by atoms with van der Waals surface area (Å²) in [6, 6.07) is 13.8. The molecule has 0 unspecified atom stereocenters. The zero-order chi connectivity index (χ0) is 14.1. The molecular weight excluding hydrogens is 291 g/mol. The Hall–Kier alpha value is -1.48. The van der Waals surface area contributed by atoms with Crippen molar-refractivity contribution in [2.45, 2.75) is 13.1 Å². The minimum Gasteiger partial charge on any atom is -0.343 e. The molecule has 0 saturated carbocycles. The standard InChI is InChI=1S/C16H14Cl2N2/c17-13-3-1-11(2-4-13)9-20-10-12(8-19)15-6-5-14(18)7-16(15)20/h1-7,10H,8-9,19H2. The van der Waals surface area contributed by atoms with Gasteiger partial charge in [0.15, 0.2) is 0 Å². The lowest BCUT2D eigenvalue weighted by molar-refractivity contribution is 0.829. The Balaban J connectivity index is 2.06. The molecule has 0 aliphatic carbocycles. The molecule has 0 radical (unpaired) electrons. The average molecular weight is 305 g/mol. The largest absolute Gasteiger partial charge is 0.343 e. The highest BCUT2D eigenvalue weighted by Crippen LogP contribution is 2.25. The number of aromatic nitrogens is 1. The van der Waals surface area contributed by atoms with Crippen molar-refractivity contribution in [3.8, 4) is 0 Å². The molecule has 4 heteroatoms. The second kappa shape index (κ2) is 5.49. The molecule has 0 aliphatic rings. The number of hydrogen-bond acceptors (Lipinski definition) is 1. The van der Waals surface area contributed by atoms with E-state index < -0.39 is 0 Å². The summed E-state index contributed by atoms with van der Waals surface area (Å²) < 4.78 is 2.17. The average Bonchev–Trinajstić information content (AvgIpc) is 2.79. The van der Waals surface area contributed by atoms with Crippen molar-refractivity contribution in [3.05, 3.63) is 69.8 Å². The molecule has 3 aromatic rings. The van der Waals surface area contributed by atoms with Crippen molar-refractivity contribution in [1.82, 2.24) is 4.57 Å². The summed E-state index contributed by atoms with van der Waals surface area (Å²) in [6.45, 7) is 1.29. The fraction of sp³-hybridized carbons (Fsp3) is 0.125. The normalized spacial score (nSPS) is 11.2. The minimum absolute atomic E-state index is 0.520. The van der Waals surface area contributed by atoms with Crippen LogP contribution in [0.4, 0.5) is 0 Å². The topological polar surface area (TPSA) is 30.9 Å². The lowest BCUT2D eigenvalue weighted by Gasteiger charge is -2.06. The van der Waals surface area contributed by atoms with E-state index >= 15 is 0 Å². The molecule has 20 heavy (non-hydrogen) atoms. The first-order valence-corrected chi connectivity index (χ1v) is 7.15. The summed E-state index contributed by atoms with van der Waals surface area (Å²) in [5.41, 5.74) is 9.24. The predicted octanol–water partition coefficient (Wildman–Crippen LogP) is 4.46. The van der Waals surface area contributed by atoms with Crippen molar-refractivity contribution in [1.29, 1.82) is 0 Å². The van der Waals surface area contributed by atoms with Gasteiger partial charge in [0.2, 0.25) is 0 Å². The second-order valence-corrected chi connectivity index (χ2v) is 5.65. The van der Waals surface area contributed by atoms with Gasteiger partial charge < -0.3 is 10.3 Å². The third kappa shape index (κ3) is 2.55. The summed E-state index contributed by atoms with van der Waals surface area (Å²) in [6.07, 6.45) is 2.09. The molecule has 102 valence electrons. The highest BCUT2D eigenvalue weighted by molar-refractivity contribution is 6.31. The van der Waals surface area contributed by atoms with Gasteiger partial charge in [-0.2, -0.15) is 0 Å². The van der Waals surface area contributed by atoms with Crippen molar-refractivity contribution in [2.75, 3.05) is 0 Å². The lowest BCUT2D eigenvalue weighted by atomic mass is 10.2. The first-order chi connectivity index (χ1) is 9.67. The maximum absolute atomic E-state index is 6.10. The molecule has 2 N–H and O–H groups in total. The molecule has 2 aromatic carbocycles. The maximum Gasteiger partial charge on any atom is 0.0501 e. The number of hydrogen-bond donors (Lipinski definition) is 1. The molecule has 0 amide bonds. The number of rotatable bonds is 3. The first kappa shape index (κ1) is 13.5. The third-order valence-electron chi connectivity index (χ3n) is 3.41. The highest BCUT2D eigenvalue weighted by atomic mass is 35.5. The first-order valence-electron chi connectivity index (χ1n) is 6.39. The van der Waals surface area contributed by atoms with Crippen molar-refractivity contribution < 1.29 is 0 Å². The van der Waals surface area contributed by atoms with E-state index in [9.17, 15) is 0 Å². The van der Waals surface area contributed by atoms with Crippen LogP contribution in [0.2, 0.25) is 10.0 Å². The highest BCUT2D eigenvalue weighted by Gasteiger charge is 2.08. The zero-order valence-corrected chi connectivity index (χ0v) is 12.3. The molecule has 0 aliphatic heterocycles. The molecule has 0 saturated heterocycles. The molecule has 1 aromatic heterocycles. The van der Waals surface area contributed by atoms with Crippen LogP contribution in [0.5, 0.6) is 0 Å². The zero-order valence-electron chi connectivity index (χ0n) is 10.8. The van der Waals surface area contributed by atoms with E-state index in [0.717, 1.165) is 33.1 Å². The number of benzene rings is 2. The molecular formula is C16H14Cl2N2. The summed E-state index contributed by atoms with van der Waals surface area (Å²) in [4.78, 5) is 0. The Morgan fingerprint density at radius 1 is 0.950 bits per heavy atom. The van der Waals surface area contributed by atoms with Gasteiger partial charge in [-0.25, -0.2) is 0 Å². The number of halogens is 2. The molecule has 0 atom stereocenters.